The predicted molar refractivity (Wildman–Crippen MR) is 88.3 cm³/mol. The fourth-order valence-corrected chi connectivity index (χ4v) is 1.90. The van der Waals surface area contributed by atoms with Crippen molar-refractivity contribution in [1.29, 1.82) is 0 Å². The normalized spacial score (nSPS) is 10.7. The van der Waals surface area contributed by atoms with E-state index in [0.29, 0.717) is 0 Å². The third kappa shape index (κ3) is 4.72. The van der Waals surface area contributed by atoms with Crippen molar-refractivity contribution in [3.8, 4) is 0 Å². The number of likely N-dealkylation sites (N-methyl/N-ethyl adjacent to an activating group) is 1. The van der Waals surface area contributed by atoms with Gasteiger partial charge in [-0.05, 0) is 51.2 Å². The van der Waals surface area contributed by atoms with Gasteiger partial charge in [-0.25, -0.2) is 9.97 Å². The summed E-state index contributed by atoms with van der Waals surface area (Å²) in [6, 6.07) is 8.21. The van der Waals surface area contributed by atoms with Crippen LogP contribution < -0.4 is 10.6 Å². The Morgan fingerprint density at radius 3 is 2.48 bits per heavy atom. The Kier molecular flexibility index (Phi) is 5.11. The quantitative estimate of drug-likeness (QED) is 0.855. The molecule has 0 saturated heterocycles. The molecular formula is C16H23N5. The van der Waals surface area contributed by atoms with E-state index in [9.17, 15) is 0 Å². The zero-order valence-electron chi connectivity index (χ0n) is 13.1. The second-order valence-corrected chi connectivity index (χ2v) is 5.44. The van der Waals surface area contributed by atoms with Crippen molar-refractivity contribution in [2.45, 2.75) is 13.8 Å². The molecule has 0 bridgehead atoms. The number of benzene rings is 1. The van der Waals surface area contributed by atoms with Gasteiger partial charge in [0, 0.05) is 24.8 Å². The Balaban J connectivity index is 2.01. The standard InChI is InChI=1S/C16H23N5/c1-12-5-6-14(9-13(12)2)20-16-10-15(18-11-19-16)17-7-8-21(3)4/h5-6,9-11H,7-8H2,1-4H3,(H2,17,18,19,20). The van der Waals surface area contributed by atoms with Crippen molar-refractivity contribution >= 4 is 17.3 Å². The Bertz CT molecular complexity index is 595. The minimum Gasteiger partial charge on any atom is -0.369 e. The van der Waals surface area contributed by atoms with Crippen molar-refractivity contribution < 1.29 is 0 Å². The van der Waals surface area contributed by atoms with Crippen molar-refractivity contribution in [3.05, 3.63) is 41.7 Å². The van der Waals surface area contributed by atoms with Crippen LogP contribution in [0.3, 0.4) is 0 Å². The maximum absolute atomic E-state index is 4.26. The summed E-state index contributed by atoms with van der Waals surface area (Å²) in [6.45, 7) is 6.03. The minimum atomic E-state index is 0.792. The van der Waals surface area contributed by atoms with Crippen LogP contribution in [0.15, 0.2) is 30.6 Å². The molecule has 0 saturated carbocycles. The first-order valence-electron chi connectivity index (χ1n) is 7.09. The summed E-state index contributed by atoms with van der Waals surface area (Å²) in [6.07, 6.45) is 1.57. The summed E-state index contributed by atoms with van der Waals surface area (Å²) >= 11 is 0. The van der Waals surface area contributed by atoms with Crippen molar-refractivity contribution in [2.75, 3.05) is 37.8 Å². The van der Waals surface area contributed by atoms with Crippen molar-refractivity contribution in [3.63, 3.8) is 0 Å². The van der Waals surface area contributed by atoms with Gasteiger partial charge in [0.1, 0.15) is 18.0 Å². The number of hydrogen-bond acceptors (Lipinski definition) is 5. The molecule has 1 heterocycles. The summed E-state index contributed by atoms with van der Waals surface area (Å²) < 4.78 is 0. The zero-order chi connectivity index (χ0) is 15.2. The molecule has 0 aliphatic heterocycles. The van der Waals surface area contributed by atoms with Gasteiger partial charge in [-0.1, -0.05) is 6.07 Å². The second kappa shape index (κ2) is 7.04. The van der Waals surface area contributed by atoms with E-state index >= 15 is 0 Å². The van der Waals surface area contributed by atoms with Crippen LogP contribution in [-0.4, -0.2) is 42.1 Å². The van der Waals surface area contributed by atoms with Gasteiger partial charge in [0.15, 0.2) is 0 Å². The highest BCUT2D eigenvalue weighted by molar-refractivity contribution is 5.60. The highest BCUT2D eigenvalue weighted by atomic mass is 15.1. The summed E-state index contributed by atoms with van der Waals surface area (Å²) in [5.41, 5.74) is 3.59. The largest absolute Gasteiger partial charge is 0.369 e. The molecule has 0 atom stereocenters. The third-order valence-electron chi connectivity index (χ3n) is 3.31. The smallest absolute Gasteiger partial charge is 0.135 e. The molecule has 2 N–H and O–H groups in total. The molecule has 5 heteroatoms. The monoisotopic (exact) mass is 285 g/mol. The number of nitrogens with zero attached hydrogens (tertiary/aromatic N) is 3. The lowest BCUT2D eigenvalue weighted by Crippen LogP contribution is -2.21. The van der Waals surface area contributed by atoms with Crippen LogP contribution in [-0.2, 0) is 0 Å². The maximum Gasteiger partial charge on any atom is 0.135 e. The Labute approximate surface area is 126 Å². The predicted octanol–water partition coefficient (Wildman–Crippen LogP) is 2.81. The van der Waals surface area contributed by atoms with E-state index in [-0.39, 0.29) is 0 Å². The fourth-order valence-electron chi connectivity index (χ4n) is 1.90. The van der Waals surface area contributed by atoms with E-state index < -0.39 is 0 Å². The summed E-state index contributed by atoms with van der Waals surface area (Å²) in [4.78, 5) is 10.6. The van der Waals surface area contributed by atoms with E-state index in [4.69, 9.17) is 0 Å². The molecule has 2 aromatic rings. The van der Waals surface area contributed by atoms with Crippen LogP contribution in [0.4, 0.5) is 17.3 Å². The lowest BCUT2D eigenvalue weighted by Gasteiger charge is -2.12. The molecule has 1 aromatic carbocycles. The van der Waals surface area contributed by atoms with E-state index in [1.807, 2.05) is 20.2 Å². The van der Waals surface area contributed by atoms with Crippen LogP contribution in [0.1, 0.15) is 11.1 Å². The topological polar surface area (TPSA) is 53.1 Å². The minimum absolute atomic E-state index is 0.792. The molecule has 0 unspecified atom stereocenters. The van der Waals surface area contributed by atoms with Crippen molar-refractivity contribution in [2.24, 2.45) is 0 Å². The lowest BCUT2D eigenvalue weighted by molar-refractivity contribution is 0.425. The van der Waals surface area contributed by atoms with Gasteiger partial charge in [0.05, 0.1) is 0 Å². The first-order chi connectivity index (χ1) is 10.0. The second-order valence-electron chi connectivity index (χ2n) is 5.44. The van der Waals surface area contributed by atoms with Gasteiger partial charge in [-0.3, -0.25) is 0 Å². The molecule has 0 fully saturated rings. The van der Waals surface area contributed by atoms with E-state index in [1.165, 1.54) is 11.1 Å². The van der Waals surface area contributed by atoms with Gasteiger partial charge < -0.3 is 15.5 Å². The summed E-state index contributed by atoms with van der Waals surface area (Å²) in [7, 11) is 4.10. The third-order valence-corrected chi connectivity index (χ3v) is 3.31. The molecule has 0 amide bonds. The summed E-state index contributed by atoms with van der Waals surface area (Å²) in [5, 5.41) is 6.60. The molecule has 2 rings (SSSR count). The zero-order valence-corrected chi connectivity index (χ0v) is 13.1. The lowest BCUT2D eigenvalue weighted by atomic mass is 10.1. The SMILES string of the molecule is Cc1ccc(Nc2cc(NCCN(C)C)ncn2)cc1C. The Morgan fingerprint density at radius 2 is 1.76 bits per heavy atom. The van der Waals surface area contributed by atoms with E-state index in [1.54, 1.807) is 6.33 Å². The average Bonchev–Trinajstić information content (AvgIpc) is 2.43. The van der Waals surface area contributed by atoms with Crippen LogP contribution in [0.5, 0.6) is 0 Å². The molecular weight excluding hydrogens is 262 g/mol. The number of aromatic nitrogens is 2. The van der Waals surface area contributed by atoms with Gasteiger partial charge in [-0.2, -0.15) is 0 Å². The Morgan fingerprint density at radius 1 is 1.00 bits per heavy atom. The molecule has 0 aliphatic rings. The number of nitrogens with one attached hydrogen (secondary N) is 2. The number of hydrogen-bond donors (Lipinski definition) is 2. The molecule has 0 aliphatic carbocycles. The first kappa shape index (κ1) is 15.3. The molecule has 21 heavy (non-hydrogen) atoms. The Hall–Kier alpha value is -2.14. The first-order valence-corrected chi connectivity index (χ1v) is 7.09. The molecule has 0 radical (unpaired) electrons. The molecule has 1 aromatic heterocycles. The van der Waals surface area contributed by atoms with Gasteiger partial charge in [0.25, 0.3) is 0 Å². The fraction of sp³-hybridized carbons (Fsp3) is 0.375. The van der Waals surface area contributed by atoms with Gasteiger partial charge >= 0.3 is 0 Å². The maximum atomic E-state index is 4.26. The van der Waals surface area contributed by atoms with Crippen molar-refractivity contribution in [1.82, 2.24) is 14.9 Å². The van der Waals surface area contributed by atoms with E-state index in [2.05, 4.69) is 57.5 Å². The number of aryl methyl sites for hydroxylation is 2. The molecule has 5 nitrogen and oxygen atoms in total. The van der Waals surface area contributed by atoms with Gasteiger partial charge in [-0.15, -0.1) is 0 Å². The highest BCUT2D eigenvalue weighted by Crippen LogP contribution is 2.19. The van der Waals surface area contributed by atoms with Crippen LogP contribution in [0, 0.1) is 13.8 Å². The molecule has 0 spiro atoms. The van der Waals surface area contributed by atoms with Crippen LogP contribution in [0.25, 0.3) is 0 Å². The molecule has 112 valence electrons. The van der Waals surface area contributed by atoms with E-state index in [0.717, 1.165) is 30.4 Å². The van der Waals surface area contributed by atoms with Crippen LogP contribution in [0.2, 0.25) is 0 Å². The van der Waals surface area contributed by atoms with Gasteiger partial charge in [0.2, 0.25) is 0 Å². The van der Waals surface area contributed by atoms with Crippen LogP contribution >= 0.6 is 0 Å². The average molecular weight is 285 g/mol. The summed E-state index contributed by atoms with van der Waals surface area (Å²) in [5.74, 6) is 1.62. The number of anilines is 3. The number of rotatable bonds is 6. The highest BCUT2D eigenvalue weighted by Gasteiger charge is 2.01.